The molecule has 0 saturated carbocycles. The van der Waals surface area contributed by atoms with Crippen molar-refractivity contribution in [3.63, 3.8) is 0 Å². The number of anilines is 1. The Morgan fingerprint density at radius 1 is 1.14 bits per heavy atom. The van der Waals surface area contributed by atoms with E-state index in [-0.39, 0.29) is 5.91 Å². The van der Waals surface area contributed by atoms with E-state index in [1.807, 2.05) is 4.90 Å². The predicted octanol–water partition coefficient (Wildman–Crippen LogP) is 2.48. The maximum Gasteiger partial charge on any atom is 0.274 e. The van der Waals surface area contributed by atoms with Crippen LogP contribution in [0.2, 0.25) is 0 Å². The molecule has 0 N–H and O–H groups in total. The molecule has 3 rings (SSSR count). The first-order valence-corrected chi connectivity index (χ1v) is 8.17. The van der Waals surface area contributed by atoms with Gasteiger partial charge in [0.2, 0.25) is 0 Å². The first-order valence-electron chi connectivity index (χ1n) is 8.17. The number of aromatic nitrogens is 2. The molecular formula is C16H24N4O. The Bertz CT molecular complexity index is 482. The van der Waals surface area contributed by atoms with Crippen LogP contribution in [0.5, 0.6) is 0 Å². The maximum atomic E-state index is 12.6. The van der Waals surface area contributed by atoms with Gasteiger partial charge < -0.3 is 9.80 Å². The van der Waals surface area contributed by atoms with Crippen LogP contribution in [0.4, 0.5) is 5.82 Å². The molecule has 3 heterocycles. The van der Waals surface area contributed by atoms with E-state index in [2.05, 4.69) is 21.8 Å². The van der Waals surface area contributed by atoms with E-state index in [0.717, 1.165) is 44.7 Å². The monoisotopic (exact) mass is 288 g/mol. The van der Waals surface area contributed by atoms with Crippen LogP contribution in [-0.2, 0) is 0 Å². The van der Waals surface area contributed by atoms with Gasteiger partial charge in [-0.25, -0.2) is 9.97 Å². The molecule has 0 radical (unpaired) electrons. The molecule has 1 aromatic heterocycles. The summed E-state index contributed by atoms with van der Waals surface area (Å²) >= 11 is 0. The topological polar surface area (TPSA) is 49.3 Å². The Balaban J connectivity index is 1.71. The van der Waals surface area contributed by atoms with Gasteiger partial charge in [-0.05, 0) is 38.5 Å². The lowest BCUT2D eigenvalue weighted by Crippen LogP contribution is -2.43. The molecule has 2 aliphatic rings. The quantitative estimate of drug-likeness (QED) is 0.857. The van der Waals surface area contributed by atoms with Gasteiger partial charge in [-0.15, -0.1) is 0 Å². The number of hydrogen-bond acceptors (Lipinski definition) is 4. The zero-order valence-electron chi connectivity index (χ0n) is 12.8. The summed E-state index contributed by atoms with van der Waals surface area (Å²) in [6.07, 6.45) is 10.3. The van der Waals surface area contributed by atoms with Crippen molar-refractivity contribution < 1.29 is 4.79 Å². The fourth-order valence-electron chi connectivity index (χ4n) is 3.38. The van der Waals surface area contributed by atoms with Crippen molar-refractivity contribution in [2.75, 3.05) is 24.5 Å². The summed E-state index contributed by atoms with van der Waals surface area (Å²) in [4.78, 5) is 25.6. The minimum absolute atomic E-state index is 0.0435. The van der Waals surface area contributed by atoms with Crippen LogP contribution in [0.1, 0.15) is 55.9 Å². The normalized spacial score (nSPS) is 22.6. The van der Waals surface area contributed by atoms with Crippen LogP contribution in [0, 0.1) is 0 Å². The lowest BCUT2D eigenvalue weighted by molar-refractivity contribution is 0.0601. The van der Waals surface area contributed by atoms with Crippen LogP contribution in [0.3, 0.4) is 0 Å². The zero-order chi connectivity index (χ0) is 14.7. The van der Waals surface area contributed by atoms with Crippen molar-refractivity contribution in [2.45, 2.75) is 51.5 Å². The molecule has 1 aromatic rings. The van der Waals surface area contributed by atoms with E-state index < -0.39 is 0 Å². The second-order valence-corrected chi connectivity index (χ2v) is 6.01. The summed E-state index contributed by atoms with van der Waals surface area (Å²) in [5, 5.41) is 0. The summed E-state index contributed by atoms with van der Waals surface area (Å²) in [5.41, 5.74) is 0.485. The average molecular weight is 288 g/mol. The molecule has 1 amide bonds. The Morgan fingerprint density at radius 3 is 2.57 bits per heavy atom. The van der Waals surface area contributed by atoms with Crippen molar-refractivity contribution >= 4 is 11.7 Å². The Morgan fingerprint density at radius 2 is 1.90 bits per heavy atom. The number of carbonyl (C=O) groups is 1. The molecule has 0 aliphatic carbocycles. The van der Waals surface area contributed by atoms with E-state index >= 15 is 0 Å². The second kappa shape index (κ2) is 6.41. The number of piperidine rings is 1. The summed E-state index contributed by atoms with van der Waals surface area (Å²) in [6.45, 7) is 5.10. The largest absolute Gasteiger partial charge is 0.355 e. The van der Waals surface area contributed by atoms with Gasteiger partial charge in [-0.3, -0.25) is 4.79 Å². The molecule has 114 valence electrons. The van der Waals surface area contributed by atoms with Gasteiger partial charge in [-0.1, -0.05) is 6.92 Å². The number of carbonyl (C=O) groups excluding carboxylic acids is 1. The lowest BCUT2D eigenvalue weighted by Gasteiger charge is -2.35. The average Bonchev–Trinajstić information content (AvgIpc) is 3.09. The third kappa shape index (κ3) is 3.01. The summed E-state index contributed by atoms with van der Waals surface area (Å²) in [7, 11) is 0. The minimum Gasteiger partial charge on any atom is -0.355 e. The van der Waals surface area contributed by atoms with E-state index in [1.165, 1.54) is 19.3 Å². The molecule has 2 saturated heterocycles. The first-order chi connectivity index (χ1) is 10.3. The van der Waals surface area contributed by atoms with Gasteiger partial charge in [0.05, 0.1) is 12.4 Å². The van der Waals surface area contributed by atoms with Gasteiger partial charge >= 0.3 is 0 Å². The number of amides is 1. The second-order valence-electron chi connectivity index (χ2n) is 6.01. The lowest BCUT2D eigenvalue weighted by atomic mass is 10.00. The van der Waals surface area contributed by atoms with Crippen LogP contribution in [0.25, 0.3) is 0 Å². The molecule has 5 heteroatoms. The maximum absolute atomic E-state index is 12.6. The molecule has 21 heavy (non-hydrogen) atoms. The third-order valence-corrected chi connectivity index (χ3v) is 4.65. The summed E-state index contributed by atoms with van der Waals surface area (Å²) < 4.78 is 0. The molecule has 2 fully saturated rings. The van der Waals surface area contributed by atoms with Crippen LogP contribution in [0.15, 0.2) is 12.4 Å². The number of nitrogens with zero attached hydrogens (tertiary/aromatic N) is 4. The SMILES string of the molecule is CCC1CCCCN1C(=O)c1cnc(N2CCCC2)cn1. The highest BCUT2D eigenvalue weighted by Crippen LogP contribution is 2.22. The van der Waals surface area contributed by atoms with Gasteiger partial charge in [0.25, 0.3) is 5.91 Å². The molecule has 0 spiro atoms. The Kier molecular flexibility index (Phi) is 4.36. The number of hydrogen-bond donors (Lipinski definition) is 0. The summed E-state index contributed by atoms with van der Waals surface area (Å²) in [5.74, 6) is 0.941. The van der Waals surface area contributed by atoms with E-state index in [0.29, 0.717) is 11.7 Å². The van der Waals surface area contributed by atoms with E-state index in [4.69, 9.17) is 0 Å². The highest BCUT2D eigenvalue weighted by Gasteiger charge is 2.27. The van der Waals surface area contributed by atoms with Gasteiger partial charge in [0, 0.05) is 25.7 Å². The summed E-state index contributed by atoms with van der Waals surface area (Å²) in [6, 6.07) is 0.367. The van der Waals surface area contributed by atoms with Gasteiger partial charge in [0.15, 0.2) is 0 Å². The molecular weight excluding hydrogens is 264 g/mol. The standard InChI is InChI=1S/C16H24N4O/c1-2-13-7-3-4-10-20(13)16(21)14-11-18-15(12-17-14)19-8-5-6-9-19/h11-13H,2-10H2,1H3. The van der Waals surface area contributed by atoms with Crippen LogP contribution in [-0.4, -0.2) is 46.5 Å². The molecule has 1 unspecified atom stereocenters. The highest BCUT2D eigenvalue weighted by molar-refractivity contribution is 5.92. The van der Waals surface area contributed by atoms with Crippen LogP contribution >= 0.6 is 0 Å². The van der Waals surface area contributed by atoms with E-state index in [9.17, 15) is 4.79 Å². The first kappa shape index (κ1) is 14.3. The molecule has 0 aromatic carbocycles. The van der Waals surface area contributed by atoms with E-state index in [1.54, 1.807) is 12.4 Å². The van der Waals surface area contributed by atoms with Crippen molar-refractivity contribution in [3.8, 4) is 0 Å². The fraction of sp³-hybridized carbons (Fsp3) is 0.688. The van der Waals surface area contributed by atoms with Crippen molar-refractivity contribution in [1.29, 1.82) is 0 Å². The third-order valence-electron chi connectivity index (χ3n) is 4.65. The molecule has 1 atom stereocenters. The molecule has 2 aliphatic heterocycles. The Hall–Kier alpha value is -1.65. The number of rotatable bonds is 3. The molecule has 0 bridgehead atoms. The predicted molar refractivity (Wildman–Crippen MR) is 82.4 cm³/mol. The van der Waals surface area contributed by atoms with Crippen molar-refractivity contribution in [1.82, 2.24) is 14.9 Å². The Labute approximate surface area is 126 Å². The smallest absolute Gasteiger partial charge is 0.274 e. The molecule has 5 nitrogen and oxygen atoms in total. The van der Waals surface area contributed by atoms with Crippen molar-refractivity contribution in [3.05, 3.63) is 18.1 Å². The highest BCUT2D eigenvalue weighted by atomic mass is 16.2. The fourth-order valence-corrected chi connectivity index (χ4v) is 3.38. The van der Waals surface area contributed by atoms with Gasteiger partial charge in [-0.2, -0.15) is 0 Å². The van der Waals surface area contributed by atoms with Crippen molar-refractivity contribution in [2.24, 2.45) is 0 Å². The van der Waals surface area contributed by atoms with Crippen LogP contribution < -0.4 is 4.90 Å². The zero-order valence-corrected chi connectivity index (χ0v) is 12.8. The minimum atomic E-state index is 0.0435. The van der Waals surface area contributed by atoms with Gasteiger partial charge in [0.1, 0.15) is 11.5 Å². The number of likely N-dealkylation sites (tertiary alicyclic amines) is 1.